The number of benzene rings is 3. The number of nitrogens with one attached hydrogen (secondary N) is 1. The van der Waals surface area contributed by atoms with Crippen molar-refractivity contribution in [3.8, 4) is 5.75 Å². The molecule has 2 amide bonds. The lowest BCUT2D eigenvalue weighted by Gasteiger charge is -2.33. The van der Waals surface area contributed by atoms with Crippen molar-refractivity contribution in [1.82, 2.24) is 10.2 Å². The Hall–Kier alpha value is -3.85. The highest BCUT2D eigenvalue weighted by atomic mass is 32.2. The Morgan fingerprint density at radius 1 is 0.947 bits per heavy atom. The summed E-state index contributed by atoms with van der Waals surface area (Å²) in [5, 5.41) is 2.62. The number of likely N-dealkylation sites (N-methyl/N-ethyl adjacent to an activating group) is 1. The third-order valence-electron chi connectivity index (χ3n) is 6.33. The van der Waals surface area contributed by atoms with Crippen molar-refractivity contribution in [2.24, 2.45) is 0 Å². The van der Waals surface area contributed by atoms with Gasteiger partial charge in [0.25, 0.3) is 10.0 Å². The second-order valence-corrected chi connectivity index (χ2v) is 10.9. The molecule has 0 aromatic heterocycles. The van der Waals surface area contributed by atoms with Crippen LogP contribution in [0.15, 0.2) is 77.7 Å². The van der Waals surface area contributed by atoms with Gasteiger partial charge in [-0.25, -0.2) is 8.42 Å². The summed E-state index contributed by atoms with van der Waals surface area (Å²) < 4.78 is 34.1. The van der Waals surface area contributed by atoms with Gasteiger partial charge >= 0.3 is 0 Å². The molecule has 0 heterocycles. The van der Waals surface area contributed by atoms with Gasteiger partial charge in [-0.15, -0.1) is 0 Å². The van der Waals surface area contributed by atoms with E-state index in [1.165, 1.54) is 24.1 Å². The second-order valence-electron chi connectivity index (χ2n) is 9.07. The first-order chi connectivity index (χ1) is 18.1. The molecule has 1 unspecified atom stereocenters. The number of carbonyl (C=O) groups excluding carboxylic acids is 2. The third-order valence-corrected chi connectivity index (χ3v) is 8.12. The number of methoxy groups -OCH3 is 1. The Balaban J connectivity index is 2.05. The van der Waals surface area contributed by atoms with Crippen molar-refractivity contribution in [1.29, 1.82) is 0 Å². The Morgan fingerprint density at radius 2 is 1.55 bits per heavy atom. The van der Waals surface area contributed by atoms with Crippen LogP contribution >= 0.6 is 0 Å². The van der Waals surface area contributed by atoms with Gasteiger partial charge in [-0.2, -0.15) is 0 Å². The van der Waals surface area contributed by atoms with E-state index < -0.39 is 28.5 Å². The monoisotopic (exact) mass is 537 g/mol. The molecule has 202 valence electrons. The minimum Gasteiger partial charge on any atom is -0.497 e. The highest BCUT2D eigenvalue weighted by molar-refractivity contribution is 7.92. The minimum atomic E-state index is -4.09. The molecule has 0 fully saturated rings. The summed E-state index contributed by atoms with van der Waals surface area (Å²) in [7, 11) is -1.02. The van der Waals surface area contributed by atoms with Gasteiger partial charge in [0, 0.05) is 13.6 Å². The fourth-order valence-corrected chi connectivity index (χ4v) is 5.55. The maximum absolute atomic E-state index is 13.9. The molecule has 0 bridgehead atoms. The molecule has 0 spiro atoms. The number of carbonyl (C=O) groups is 2. The SMILES string of the molecule is CCC(C(=O)NC)N(Cc1cccc(OC)c1)C(=O)CN(c1ccc(C)cc1)S(=O)(=O)c1ccc(C)cc1. The van der Waals surface area contributed by atoms with Gasteiger partial charge in [0.05, 0.1) is 17.7 Å². The number of amides is 2. The number of anilines is 1. The smallest absolute Gasteiger partial charge is 0.264 e. The van der Waals surface area contributed by atoms with Crippen LogP contribution < -0.4 is 14.4 Å². The predicted octanol–water partition coefficient (Wildman–Crippen LogP) is 4.06. The number of aryl methyl sites for hydroxylation is 2. The van der Waals surface area contributed by atoms with Crippen LogP contribution in [-0.4, -0.2) is 51.9 Å². The fourth-order valence-electron chi connectivity index (χ4n) is 4.13. The zero-order valence-electron chi connectivity index (χ0n) is 22.5. The summed E-state index contributed by atoms with van der Waals surface area (Å²) in [5.74, 6) is -0.210. The summed E-state index contributed by atoms with van der Waals surface area (Å²) in [6, 6.07) is 19.9. The molecule has 0 radical (unpaired) electrons. The molecule has 3 aromatic rings. The Kier molecular flexibility index (Phi) is 9.52. The van der Waals surface area contributed by atoms with E-state index in [-0.39, 0.29) is 17.3 Å². The van der Waals surface area contributed by atoms with Gasteiger partial charge < -0.3 is 15.0 Å². The molecule has 1 atom stereocenters. The van der Waals surface area contributed by atoms with Gasteiger partial charge in [0.1, 0.15) is 18.3 Å². The van der Waals surface area contributed by atoms with Crippen LogP contribution in [0.4, 0.5) is 5.69 Å². The lowest BCUT2D eigenvalue weighted by Crippen LogP contribution is -2.51. The Labute approximate surface area is 225 Å². The molecule has 3 rings (SSSR count). The topological polar surface area (TPSA) is 96.0 Å². The molecule has 38 heavy (non-hydrogen) atoms. The zero-order valence-corrected chi connectivity index (χ0v) is 23.3. The molecular formula is C29H35N3O5S. The first-order valence-corrected chi connectivity index (χ1v) is 13.8. The average Bonchev–Trinajstić information content (AvgIpc) is 2.92. The maximum Gasteiger partial charge on any atom is 0.264 e. The van der Waals surface area contributed by atoms with E-state index in [1.807, 2.05) is 26.8 Å². The molecule has 0 aliphatic heterocycles. The molecule has 9 heteroatoms. The van der Waals surface area contributed by atoms with Crippen molar-refractivity contribution in [3.63, 3.8) is 0 Å². The van der Waals surface area contributed by atoms with Crippen molar-refractivity contribution in [3.05, 3.63) is 89.5 Å². The molecule has 8 nitrogen and oxygen atoms in total. The molecule has 3 aromatic carbocycles. The molecule has 0 aliphatic carbocycles. The summed E-state index contributed by atoms with van der Waals surface area (Å²) in [6.45, 7) is 5.22. The highest BCUT2D eigenvalue weighted by Crippen LogP contribution is 2.26. The number of nitrogens with zero attached hydrogens (tertiary/aromatic N) is 2. The highest BCUT2D eigenvalue weighted by Gasteiger charge is 2.33. The second kappa shape index (κ2) is 12.6. The summed E-state index contributed by atoms with van der Waals surface area (Å²) in [5.41, 5.74) is 2.99. The van der Waals surface area contributed by atoms with Crippen LogP contribution in [0.3, 0.4) is 0 Å². The van der Waals surface area contributed by atoms with E-state index in [4.69, 9.17) is 4.74 Å². The summed E-state index contributed by atoms with van der Waals surface area (Å²) in [4.78, 5) is 28.2. The van der Waals surface area contributed by atoms with E-state index in [1.54, 1.807) is 61.7 Å². The first kappa shape index (κ1) is 28.7. The number of hydrogen-bond acceptors (Lipinski definition) is 5. The Bertz CT molecular complexity index is 1360. The van der Waals surface area contributed by atoms with Crippen molar-refractivity contribution < 1.29 is 22.7 Å². The van der Waals surface area contributed by atoms with Gasteiger partial charge in [0.15, 0.2) is 0 Å². The first-order valence-electron chi connectivity index (χ1n) is 12.4. The van der Waals surface area contributed by atoms with Crippen LogP contribution in [0.5, 0.6) is 5.75 Å². The summed E-state index contributed by atoms with van der Waals surface area (Å²) in [6.07, 6.45) is 0.352. The molecule has 0 saturated carbocycles. The number of ether oxygens (including phenoxy) is 1. The van der Waals surface area contributed by atoms with Crippen LogP contribution in [0.2, 0.25) is 0 Å². The van der Waals surface area contributed by atoms with E-state index in [0.29, 0.717) is 17.9 Å². The van der Waals surface area contributed by atoms with Gasteiger partial charge in [-0.05, 0) is 62.2 Å². The average molecular weight is 538 g/mol. The normalized spacial score (nSPS) is 11.9. The third kappa shape index (κ3) is 6.72. The standard InChI is InChI=1S/C29H35N3O5S/c1-6-27(29(34)30-4)31(19-23-8-7-9-25(18-23)37-5)28(33)20-32(24-14-10-21(2)11-15-24)38(35,36)26-16-12-22(3)13-17-26/h7-18,27H,6,19-20H2,1-5H3,(H,30,34). The molecule has 0 aliphatic rings. The van der Waals surface area contributed by atoms with Crippen LogP contribution in [0.1, 0.15) is 30.0 Å². The molecule has 0 saturated heterocycles. The number of hydrogen-bond donors (Lipinski definition) is 1. The largest absolute Gasteiger partial charge is 0.497 e. The van der Waals surface area contributed by atoms with Crippen LogP contribution in [0.25, 0.3) is 0 Å². The number of sulfonamides is 1. The Morgan fingerprint density at radius 3 is 2.11 bits per heavy atom. The van der Waals surface area contributed by atoms with E-state index in [0.717, 1.165) is 21.0 Å². The van der Waals surface area contributed by atoms with Crippen molar-refractivity contribution in [2.45, 2.75) is 44.7 Å². The van der Waals surface area contributed by atoms with E-state index in [2.05, 4.69) is 5.32 Å². The van der Waals surface area contributed by atoms with Crippen molar-refractivity contribution >= 4 is 27.5 Å². The maximum atomic E-state index is 13.9. The summed E-state index contributed by atoms with van der Waals surface area (Å²) >= 11 is 0. The lowest BCUT2D eigenvalue weighted by atomic mass is 10.1. The van der Waals surface area contributed by atoms with Gasteiger partial charge in [-0.1, -0.05) is 54.4 Å². The zero-order chi connectivity index (χ0) is 27.9. The van der Waals surface area contributed by atoms with Crippen LogP contribution in [0, 0.1) is 13.8 Å². The fraction of sp³-hybridized carbons (Fsp3) is 0.310. The van der Waals surface area contributed by atoms with Gasteiger partial charge in [-0.3, -0.25) is 13.9 Å². The predicted molar refractivity (Wildman–Crippen MR) is 149 cm³/mol. The van der Waals surface area contributed by atoms with E-state index >= 15 is 0 Å². The van der Waals surface area contributed by atoms with Gasteiger partial charge in [0.2, 0.25) is 11.8 Å². The quantitative estimate of drug-likeness (QED) is 0.398. The molecule has 1 N–H and O–H groups in total. The van der Waals surface area contributed by atoms with E-state index in [9.17, 15) is 18.0 Å². The molecular weight excluding hydrogens is 502 g/mol. The number of rotatable bonds is 11. The van der Waals surface area contributed by atoms with Crippen LogP contribution in [-0.2, 0) is 26.2 Å². The lowest BCUT2D eigenvalue weighted by molar-refractivity contribution is -0.140. The van der Waals surface area contributed by atoms with Crippen molar-refractivity contribution in [2.75, 3.05) is 25.0 Å². The minimum absolute atomic E-state index is 0.0779.